The molecule has 0 radical (unpaired) electrons. The molecule has 22 heavy (non-hydrogen) atoms. The molecule has 0 bridgehead atoms. The number of hydrogen-bond acceptors (Lipinski definition) is 5. The van der Waals surface area contributed by atoms with Gasteiger partial charge < -0.3 is 10.2 Å². The van der Waals surface area contributed by atoms with Crippen LogP contribution in [-0.4, -0.2) is 34.4 Å². The smallest absolute Gasteiger partial charge is 0.266 e. The van der Waals surface area contributed by atoms with Crippen LogP contribution >= 0.6 is 11.3 Å². The molecule has 6 heteroatoms. The Morgan fingerprint density at radius 3 is 2.95 bits per heavy atom. The summed E-state index contributed by atoms with van der Waals surface area (Å²) in [5.41, 5.74) is 1.98. The highest BCUT2D eigenvalue weighted by molar-refractivity contribution is 7.13. The first kappa shape index (κ1) is 15.0. The number of carbonyl (C=O) groups is 1. The maximum absolute atomic E-state index is 12.9. The molecule has 1 saturated heterocycles. The highest BCUT2D eigenvalue weighted by Gasteiger charge is 2.32. The molecule has 3 heterocycles. The summed E-state index contributed by atoms with van der Waals surface area (Å²) in [6, 6.07) is 4.16. The maximum Gasteiger partial charge on any atom is 0.266 e. The lowest BCUT2D eigenvalue weighted by atomic mass is 10.1. The van der Waals surface area contributed by atoms with E-state index in [1.165, 1.54) is 11.3 Å². The largest absolute Gasteiger partial charge is 0.373 e. The molecule has 1 aliphatic heterocycles. The molecular formula is C16H20N4OS. The lowest BCUT2D eigenvalue weighted by molar-refractivity contribution is 0.0739. The van der Waals surface area contributed by atoms with Crippen LogP contribution in [0.15, 0.2) is 18.3 Å². The molecule has 0 aromatic carbocycles. The zero-order chi connectivity index (χ0) is 15.7. The highest BCUT2D eigenvalue weighted by atomic mass is 32.1. The summed E-state index contributed by atoms with van der Waals surface area (Å²) < 4.78 is 0. The van der Waals surface area contributed by atoms with Crippen molar-refractivity contribution in [3.63, 3.8) is 0 Å². The lowest BCUT2D eigenvalue weighted by Crippen LogP contribution is -2.30. The Bertz CT molecular complexity index is 697. The summed E-state index contributed by atoms with van der Waals surface area (Å²) in [5.74, 6) is 0.940. The van der Waals surface area contributed by atoms with Crippen LogP contribution in [-0.2, 0) is 0 Å². The molecular weight excluding hydrogens is 296 g/mol. The van der Waals surface area contributed by atoms with E-state index in [0.717, 1.165) is 46.3 Å². The Kier molecular flexibility index (Phi) is 4.11. The van der Waals surface area contributed by atoms with Gasteiger partial charge in [-0.15, -0.1) is 11.3 Å². The Balaban J connectivity index is 1.89. The standard InChI is InChI=1S/C16H20N4OS/c1-10-15(22-11(2)19-10)16(21)20-8-4-5-13(20)12-6-7-18-14(9-12)17-3/h6-7,9,13H,4-5,8H2,1-3H3,(H,17,18)/t13-/m0/s1. The first-order valence-corrected chi connectivity index (χ1v) is 8.30. The maximum atomic E-state index is 12.9. The number of carbonyl (C=O) groups excluding carboxylic acids is 1. The van der Waals surface area contributed by atoms with Crippen LogP contribution in [0.5, 0.6) is 0 Å². The van der Waals surface area contributed by atoms with Gasteiger partial charge >= 0.3 is 0 Å². The van der Waals surface area contributed by atoms with E-state index < -0.39 is 0 Å². The summed E-state index contributed by atoms with van der Waals surface area (Å²) in [6.07, 6.45) is 3.82. The van der Waals surface area contributed by atoms with Gasteiger partial charge in [-0.25, -0.2) is 9.97 Å². The van der Waals surface area contributed by atoms with Gasteiger partial charge in [0.25, 0.3) is 5.91 Å². The Morgan fingerprint density at radius 1 is 1.45 bits per heavy atom. The predicted octanol–water partition coefficient (Wildman–Crippen LogP) is 3.17. The van der Waals surface area contributed by atoms with Gasteiger partial charge in [0.2, 0.25) is 0 Å². The van der Waals surface area contributed by atoms with Gasteiger partial charge in [0.1, 0.15) is 10.7 Å². The lowest BCUT2D eigenvalue weighted by Gasteiger charge is -2.25. The van der Waals surface area contributed by atoms with Crippen molar-refractivity contribution in [2.75, 3.05) is 18.9 Å². The van der Waals surface area contributed by atoms with E-state index >= 15 is 0 Å². The summed E-state index contributed by atoms with van der Waals surface area (Å²) in [6.45, 7) is 4.66. The number of nitrogens with one attached hydrogen (secondary N) is 1. The molecule has 2 aromatic rings. The van der Waals surface area contributed by atoms with Crippen LogP contribution in [0.4, 0.5) is 5.82 Å². The van der Waals surface area contributed by atoms with Gasteiger partial charge in [-0.2, -0.15) is 0 Å². The van der Waals surface area contributed by atoms with Crippen LogP contribution in [0.1, 0.15) is 44.8 Å². The molecule has 0 saturated carbocycles. The number of hydrogen-bond donors (Lipinski definition) is 1. The molecule has 0 spiro atoms. The van der Waals surface area contributed by atoms with Crippen molar-refractivity contribution < 1.29 is 4.79 Å². The number of rotatable bonds is 3. The van der Waals surface area contributed by atoms with E-state index in [1.54, 1.807) is 6.20 Å². The van der Waals surface area contributed by atoms with Crippen molar-refractivity contribution in [2.24, 2.45) is 0 Å². The summed E-state index contributed by atoms with van der Waals surface area (Å²) >= 11 is 1.49. The van der Waals surface area contributed by atoms with Crippen LogP contribution in [0, 0.1) is 13.8 Å². The van der Waals surface area contributed by atoms with Crippen molar-refractivity contribution >= 4 is 23.1 Å². The molecule has 1 atom stereocenters. The molecule has 1 amide bonds. The fraction of sp³-hybridized carbons (Fsp3) is 0.438. The normalized spacial score (nSPS) is 17.8. The van der Waals surface area contributed by atoms with E-state index in [2.05, 4.69) is 15.3 Å². The third-order valence-corrected chi connectivity index (χ3v) is 5.10. The monoisotopic (exact) mass is 316 g/mol. The Labute approximate surface area is 134 Å². The zero-order valence-electron chi connectivity index (χ0n) is 13.1. The number of amides is 1. The molecule has 0 aliphatic carbocycles. The van der Waals surface area contributed by atoms with Crippen LogP contribution in [0.2, 0.25) is 0 Å². The van der Waals surface area contributed by atoms with E-state index in [4.69, 9.17) is 0 Å². The zero-order valence-corrected chi connectivity index (χ0v) is 13.9. The Hall–Kier alpha value is -1.95. The number of anilines is 1. The second kappa shape index (κ2) is 6.04. The minimum Gasteiger partial charge on any atom is -0.373 e. The molecule has 5 nitrogen and oxygen atoms in total. The van der Waals surface area contributed by atoms with Crippen molar-refractivity contribution in [1.29, 1.82) is 0 Å². The SMILES string of the molecule is CNc1cc([C@@H]2CCCN2C(=O)c2sc(C)nc2C)ccn1. The van der Waals surface area contributed by atoms with E-state index in [9.17, 15) is 4.79 Å². The van der Waals surface area contributed by atoms with Gasteiger partial charge in [0, 0.05) is 19.8 Å². The van der Waals surface area contributed by atoms with Gasteiger partial charge in [0.15, 0.2) is 0 Å². The minimum absolute atomic E-state index is 0.105. The predicted molar refractivity (Wildman–Crippen MR) is 88.4 cm³/mol. The fourth-order valence-electron chi connectivity index (χ4n) is 3.01. The number of aromatic nitrogens is 2. The van der Waals surface area contributed by atoms with Crippen molar-refractivity contribution in [3.8, 4) is 0 Å². The van der Waals surface area contributed by atoms with E-state index in [1.807, 2.05) is 37.9 Å². The second-order valence-electron chi connectivity index (χ2n) is 5.53. The number of likely N-dealkylation sites (tertiary alicyclic amines) is 1. The minimum atomic E-state index is 0.105. The highest BCUT2D eigenvalue weighted by Crippen LogP contribution is 2.35. The molecule has 0 unspecified atom stereocenters. The average molecular weight is 316 g/mol. The number of thiazole rings is 1. The van der Waals surface area contributed by atoms with Crippen molar-refractivity contribution in [3.05, 3.63) is 39.5 Å². The van der Waals surface area contributed by atoms with Gasteiger partial charge in [-0.1, -0.05) is 0 Å². The van der Waals surface area contributed by atoms with Gasteiger partial charge in [-0.05, 0) is 44.4 Å². The second-order valence-corrected chi connectivity index (χ2v) is 6.73. The topological polar surface area (TPSA) is 58.1 Å². The third-order valence-electron chi connectivity index (χ3n) is 4.04. The van der Waals surface area contributed by atoms with Gasteiger partial charge in [0.05, 0.1) is 16.7 Å². The summed E-state index contributed by atoms with van der Waals surface area (Å²) in [4.78, 5) is 24.3. The quantitative estimate of drug-likeness (QED) is 0.945. The van der Waals surface area contributed by atoms with E-state index in [-0.39, 0.29) is 11.9 Å². The van der Waals surface area contributed by atoms with Crippen LogP contribution in [0.25, 0.3) is 0 Å². The molecule has 1 N–H and O–H groups in total. The first-order chi connectivity index (χ1) is 10.6. The summed E-state index contributed by atoms with van der Waals surface area (Å²) in [7, 11) is 1.85. The van der Waals surface area contributed by atoms with Gasteiger partial charge in [-0.3, -0.25) is 4.79 Å². The molecule has 1 aliphatic rings. The van der Waals surface area contributed by atoms with Crippen LogP contribution < -0.4 is 5.32 Å². The molecule has 116 valence electrons. The first-order valence-electron chi connectivity index (χ1n) is 7.49. The number of aryl methyl sites for hydroxylation is 2. The average Bonchev–Trinajstić information content (AvgIpc) is 3.13. The van der Waals surface area contributed by atoms with Crippen molar-refractivity contribution in [1.82, 2.24) is 14.9 Å². The number of pyridine rings is 1. The molecule has 2 aromatic heterocycles. The molecule has 3 rings (SSSR count). The molecule has 1 fully saturated rings. The fourth-order valence-corrected chi connectivity index (χ4v) is 3.88. The summed E-state index contributed by atoms with van der Waals surface area (Å²) in [5, 5.41) is 4.00. The van der Waals surface area contributed by atoms with E-state index in [0.29, 0.717) is 0 Å². The third kappa shape index (κ3) is 2.70. The Morgan fingerprint density at radius 2 is 2.27 bits per heavy atom. The number of nitrogens with zero attached hydrogens (tertiary/aromatic N) is 3. The van der Waals surface area contributed by atoms with Crippen LogP contribution in [0.3, 0.4) is 0 Å². The van der Waals surface area contributed by atoms with Crippen molar-refractivity contribution in [2.45, 2.75) is 32.7 Å².